The summed E-state index contributed by atoms with van der Waals surface area (Å²) in [6, 6.07) is 6.60. The molecule has 8 heteroatoms. The number of aromatic hydroxyl groups is 1. The molecule has 0 aliphatic carbocycles. The summed E-state index contributed by atoms with van der Waals surface area (Å²) in [6.07, 6.45) is -1.95. The molecule has 2 heterocycles. The van der Waals surface area contributed by atoms with Crippen LogP contribution >= 0.6 is 0 Å². The monoisotopic (exact) mass is 295 g/mol. The van der Waals surface area contributed by atoms with E-state index in [1.165, 1.54) is 36.7 Å². The van der Waals surface area contributed by atoms with Crippen molar-refractivity contribution in [1.82, 2.24) is 14.6 Å². The summed E-state index contributed by atoms with van der Waals surface area (Å²) in [5, 5.41) is 12.6. The van der Waals surface area contributed by atoms with Gasteiger partial charge in [-0.2, -0.15) is 18.3 Å². The van der Waals surface area contributed by atoms with Crippen molar-refractivity contribution in [3.05, 3.63) is 48.4 Å². The van der Waals surface area contributed by atoms with E-state index in [9.17, 15) is 18.3 Å². The van der Waals surface area contributed by atoms with Crippen LogP contribution in [0.4, 0.5) is 13.2 Å². The number of alkyl halides is 3. The number of nitrogens with zero attached hydrogens (tertiary/aromatic N) is 3. The van der Waals surface area contributed by atoms with E-state index >= 15 is 0 Å². The van der Waals surface area contributed by atoms with Crippen LogP contribution in [0.3, 0.4) is 0 Å². The normalized spacial score (nSPS) is 11.8. The average Bonchev–Trinajstić information content (AvgIpc) is 2.86. The van der Waals surface area contributed by atoms with E-state index in [1.807, 2.05) is 0 Å². The molecule has 1 aromatic carbocycles. The van der Waals surface area contributed by atoms with Crippen molar-refractivity contribution in [3.63, 3.8) is 0 Å². The molecule has 3 rings (SSSR count). The van der Waals surface area contributed by atoms with Gasteiger partial charge in [-0.15, -0.1) is 0 Å². The highest BCUT2D eigenvalue weighted by Gasteiger charge is 2.34. The van der Waals surface area contributed by atoms with E-state index in [2.05, 4.69) is 10.1 Å². The van der Waals surface area contributed by atoms with Gasteiger partial charge in [0.1, 0.15) is 17.0 Å². The molecule has 3 aromatic rings. The molecule has 0 atom stereocenters. The van der Waals surface area contributed by atoms with Crippen LogP contribution in [0.15, 0.2) is 42.7 Å². The van der Waals surface area contributed by atoms with Gasteiger partial charge in [0.15, 0.2) is 5.69 Å². The van der Waals surface area contributed by atoms with Gasteiger partial charge < -0.3 is 9.84 Å². The second kappa shape index (κ2) is 4.65. The summed E-state index contributed by atoms with van der Waals surface area (Å²) in [6.45, 7) is 0. The number of phenolic OH excluding ortho intramolecular Hbond substituents is 1. The van der Waals surface area contributed by atoms with Crippen LogP contribution < -0.4 is 4.74 Å². The summed E-state index contributed by atoms with van der Waals surface area (Å²) in [5.41, 5.74) is -0.927. The van der Waals surface area contributed by atoms with E-state index in [1.54, 1.807) is 0 Å². The quantitative estimate of drug-likeness (QED) is 0.788. The number of ether oxygens (including phenoxy) is 1. The Kier molecular flexibility index (Phi) is 2.93. The average molecular weight is 295 g/mol. The number of halogens is 3. The maximum absolute atomic E-state index is 12.7. The Morgan fingerprint density at radius 3 is 2.52 bits per heavy atom. The zero-order valence-corrected chi connectivity index (χ0v) is 10.4. The lowest BCUT2D eigenvalue weighted by molar-refractivity contribution is -0.141. The first-order valence-corrected chi connectivity index (χ1v) is 5.82. The molecule has 0 unspecified atom stereocenters. The molecular weight excluding hydrogens is 287 g/mol. The lowest BCUT2D eigenvalue weighted by Crippen LogP contribution is -2.05. The predicted octanol–water partition coefficient (Wildman–Crippen LogP) is 3.25. The summed E-state index contributed by atoms with van der Waals surface area (Å²) in [5.74, 6) is 0.381. The van der Waals surface area contributed by atoms with Gasteiger partial charge in [-0.25, -0.2) is 9.50 Å². The maximum atomic E-state index is 12.7. The second-order valence-corrected chi connectivity index (χ2v) is 4.19. The second-order valence-electron chi connectivity index (χ2n) is 4.19. The van der Waals surface area contributed by atoms with Gasteiger partial charge in [-0.1, -0.05) is 0 Å². The number of hydrogen-bond donors (Lipinski definition) is 1. The third-order valence-corrected chi connectivity index (χ3v) is 2.70. The smallest absolute Gasteiger partial charge is 0.435 e. The lowest BCUT2D eigenvalue weighted by atomic mass is 10.3. The highest BCUT2D eigenvalue weighted by atomic mass is 19.4. The van der Waals surface area contributed by atoms with Crippen molar-refractivity contribution in [2.24, 2.45) is 0 Å². The van der Waals surface area contributed by atoms with Crippen molar-refractivity contribution in [2.45, 2.75) is 6.18 Å². The largest absolute Gasteiger partial charge is 0.508 e. The number of rotatable bonds is 2. The molecular formula is C13H8F3N3O2. The molecule has 0 amide bonds. The minimum Gasteiger partial charge on any atom is -0.508 e. The van der Waals surface area contributed by atoms with Gasteiger partial charge in [0.2, 0.25) is 5.88 Å². The molecule has 108 valence electrons. The van der Waals surface area contributed by atoms with Crippen LogP contribution in [0.5, 0.6) is 17.4 Å². The number of hydrogen-bond acceptors (Lipinski definition) is 4. The van der Waals surface area contributed by atoms with Crippen LogP contribution in [0.2, 0.25) is 0 Å². The molecule has 0 saturated heterocycles. The Morgan fingerprint density at radius 2 is 1.86 bits per heavy atom. The van der Waals surface area contributed by atoms with Crippen LogP contribution in [0, 0.1) is 0 Å². The van der Waals surface area contributed by atoms with Crippen LogP contribution in [0.1, 0.15) is 5.69 Å². The van der Waals surface area contributed by atoms with Gasteiger partial charge in [0.05, 0.1) is 0 Å². The van der Waals surface area contributed by atoms with Gasteiger partial charge in [0, 0.05) is 18.5 Å². The van der Waals surface area contributed by atoms with E-state index < -0.39 is 11.9 Å². The molecule has 0 aliphatic heterocycles. The van der Waals surface area contributed by atoms with E-state index in [4.69, 9.17) is 4.74 Å². The minimum atomic E-state index is -4.54. The Labute approximate surface area is 116 Å². The lowest BCUT2D eigenvalue weighted by Gasteiger charge is -2.05. The Morgan fingerprint density at radius 1 is 1.14 bits per heavy atom. The molecule has 1 N–H and O–H groups in total. The first-order chi connectivity index (χ1) is 9.93. The van der Waals surface area contributed by atoms with Crippen LogP contribution in [-0.4, -0.2) is 19.7 Å². The van der Waals surface area contributed by atoms with Crippen molar-refractivity contribution >= 4 is 5.52 Å². The fraction of sp³-hybridized carbons (Fsp3) is 0.0769. The molecule has 2 aromatic heterocycles. The van der Waals surface area contributed by atoms with Crippen LogP contribution in [-0.2, 0) is 6.18 Å². The van der Waals surface area contributed by atoms with E-state index in [0.717, 1.165) is 10.6 Å². The first kappa shape index (κ1) is 13.2. The number of phenols is 1. The molecule has 0 aliphatic rings. The predicted molar refractivity (Wildman–Crippen MR) is 66.2 cm³/mol. The van der Waals surface area contributed by atoms with Gasteiger partial charge in [-0.3, -0.25) is 0 Å². The molecule has 0 fully saturated rings. The van der Waals surface area contributed by atoms with Gasteiger partial charge in [0.25, 0.3) is 0 Å². The number of aromatic nitrogens is 3. The number of fused-ring (bicyclic) bond motifs is 1. The summed E-state index contributed by atoms with van der Waals surface area (Å²) < 4.78 is 44.5. The summed E-state index contributed by atoms with van der Waals surface area (Å²) >= 11 is 0. The molecule has 5 nitrogen and oxygen atoms in total. The third kappa shape index (κ3) is 2.60. The number of benzene rings is 1. The summed E-state index contributed by atoms with van der Waals surface area (Å²) in [7, 11) is 0. The summed E-state index contributed by atoms with van der Waals surface area (Å²) in [4.78, 5) is 3.91. The van der Waals surface area contributed by atoms with Gasteiger partial charge in [-0.05, 0) is 24.3 Å². The fourth-order valence-corrected chi connectivity index (χ4v) is 1.74. The first-order valence-electron chi connectivity index (χ1n) is 5.82. The highest BCUT2D eigenvalue weighted by Crippen LogP contribution is 2.32. The fourth-order valence-electron chi connectivity index (χ4n) is 1.74. The van der Waals surface area contributed by atoms with Gasteiger partial charge >= 0.3 is 6.18 Å². The highest BCUT2D eigenvalue weighted by molar-refractivity contribution is 5.58. The van der Waals surface area contributed by atoms with E-state index in [-0.39, 0.29) is 17.1 Å². The standard InChI is InChI=1S/C13H8F3N3O2/c14-13(15,16)11-7-10-12(17-5-6-19(10)18-11)21-9-3-1-8(20)2-4-9/h1-7,20H. The van der Waals surface area contributed by atoms with Crippen molar-refractivity contribution < 1.29 is 23.0 Å². The van der Waals surface area contributed by atoms with Crippen LogP contribution in [0.25, 0.3) is 5.52 Å². The topological polar surface area (TPSA) is 59.7 Å². The van der Waals surface area contributed by atoms with Crippen molar-refractivity contribution in [1.29, 1.82) is 0 Å². The minimum absolute atomic E-state index is 0.00816. The van der Waals surface area contributed by atoms with Crippen molar-refractivity contribution in [2.75, 3.05) is 0 Å². The van der Waals surface area contributed by atoms with Crippen molar-refractivity contribution in [3.8, 4) is 17.4 Å². The Bertz CT molecular complexity index is 781. The molecule has 0 spiro atoms. The third-order valence-electron chi connectivity index (χ3n) is 2.70. The SMILES string of the molecule is Oc1ccc(Oc2nccn3nc(C(F)(F)F)cc23)cc1. The Hall–Kier alpha value is -2.77. The van der Waals surface area contributed by atoms with E-state index in [0.29, 0.717) is 5.75 Å². The molecule has 0 saturated carbocycles. The molecule has 0 bridgehead atoms. The zero-order chi connectivity index (χ0) is 15.0. The zero-order valence-electron chi connectivity index (χ0n) is 10.4. The molecule has 0 radical (unpaired) electrons. The molecule has 21 heavy (non-hydrogen) atoms. The Balaban J connectivity index is 2.02. The maximum Gasteiger partial charge on any atom is 0.435 e.